The number of amides is 1. The SMILES string of the molecule is CC(NC(=O)CC1(N)CCCC1)c1ncc[nH]1. The lowest BCUT2D eigenvalue weighted by Gasteiger charge is -2.23. The van der Waals surface area contributed by atoms with Gasteiger partial charge in [0.15, 0.2) is 0 Å². The molecule has 0 aliphatic heterocycles. The zero-order valence-corrected chi connectivity index (χ0v) is 10.2. The van der Waals surface area contributed by atoms with Crippen molar-refractivity contribution in [1.82, 2.24) is 15.3 Å². The van der Waals surface area contributed by atoms with E-state index >= 15 is 0 Å². The van der Waals surface area contributed by atoms with Gasteiger partial charge in [0.2, 0.25) is 5.91 Å². The molecule has 5 nitrogen and oxygen atoms in total. The molecule has 0 aromatic carbocycles. The third-order valence-electron chi connectivity index (χ3n) is 3.42. The molecular weight excluding hydrogens is 216 g/mol. The molecule has 4 N–H and O–H groups in total. The Kier molecular flexibility index (Phi) is 3.47. The number of H-pyrrole nitrogens is 1. The van der Waals surface area contributed by atoms with Crippen molar-refractivity contribution in [2.24, 2.45) is 5.73 Å². The van der Waals surface area contributed by atoms with Gasteiger partial charge in [-0.3, -0.25) is 4.79 Å². The van der Waals surface area contributed by atoms with E-state index < -0.39 is 0 Å². The quantitative estimate of drug-likeness (QED) is 0.735. The Hall–Kier alpha value is -1.36. The Morgan fingerprint density at radius 2 is 2.35 bits per heavy atom. The molecule has 0 radical (unpaired) electrons. The van der Waals surface area contributed by atoms with Crippen LogP contribution in [-0.4, -0.2) is 21.4 Å². The van der Waals surface area contributed by atoms with Crippen molar-refractivity contribution >= 4 is 5.91 Å². The minimum absolute atomic E-state index is 0.0123. The van der Waals surface area contributed by atoms with Gasteiger partial charge in [-0.05, 0) is 19.8 Å². The van der Waals surface area contributed by atoms with Crippen LogP contribution in [0.3, 0.4) is 0 Å². The summed E-state index contributed by atoms with van der Waals surface area (Å²) in [6.45, 7) is 1.91. The Labute approximate surface area is 101 Å². The van der Waals surface area contributed by atoms with Crippen LogP contribution in [-0.2, 0) is 4.79 Å². The van der Waals surface area contributed by atoms with Crippen LogP contribution >= 0.6 is 0 Å². The predicted octanol–water partition coefficient (Wildman–Crippen LogP) is 1.25. The summed E-state index contributed by atoms with van der Waals surface area (Å²) in [5.41, 5.74) is 5.89. The van der Waals surface area contributed by atoms with E-state index in [9.17, 15) is 4.79 Å². The van der Waals surface area contributed by atoms with E-state index in [4.69, 9.17) is 5.73 Å². The van der Waals surface area contributed by atoms with Gasteiger partial charge in [0.1, 0.15) is 5.82 Å². The van der Waals surface area contributed by atoms with Gasteiger partial charge in [0.05, 0.1) is 6.04 Å². The second-order valence-corrected chi connectivity index (χ2v) is 5.01. The molecule has 1 atom stereocenters. The molecular formula is C12H20N4O. The van der Waals surface area contributed by atoms with Gasteiger partial charge in [-0.25, -0.2) is 4.98 Å². The van der Waals surface area contributed by atoms with E-state index in [1.165, 1.54) is 0 Å². The lowest BCUT2D eigenvalue weighted by atomic mass is 9.94. The molecule has 0 bridgehead atoms. The van der Waals surface area contributed by atoms with E-state index in [-0.39, 0.29) is 17.5 Å². The van der Waals surface area contributed by atoms with E-state index in [1.54, 1.807) is 12.4 Å². The van der Waals surface area contributed by atoms with E-state index in [1.807, 2.05) is 6.92 Å². The number of nitrogens with two attached hydrogens (primary N) is 1. The molecule has 94 valence electrons. The fourth-order valence-corrected chi connectivity index (χ4v) is 2.45. The van der Waals surface area contributed by atoms with Crippen LogP contribution in [0, 0.1) is 0 Å². The van der Waals surface area contributed by atoms with Crippen molar-refractivity contribution in [1.29, 1.82) is 0 Å². The average molecular weight is 236 g/mol. The summed E-state index contributed by atoms with van der Waals surface area (Å²) in [5, 5.41) is 2.92. The fraction of sp³-hybridized carbons (Fsp3) is 0.667. The third kappa shape index (κ3) is 3.06. The first-order valence-electron chi connectivity index (χ1n) is 6.17. The summed E-state index contributed by atoms with van der Waals surface area (Å²) in [7, 11) is 0. The van der Waals surface area contributed by atoms with Crippen molar-refractivity contribution in [2.45, 2.75) is 50.6 Å². The van der Waals surface area contributed by atoms with Gasteiger partial charge in [-0.1, -0.05) is 12.8 Å². The zero-order chi connectivity index (χ0) is 12.3. The van der Waals surface area contributed by atoms with E-state index in [2.05, 4.69) is 15.3 Å². The number of hydrogen-bond donors (Lipinski definition) is 3. The van der Waals surface area contributed by atoms with E-state index in [0.717, 1.165) is 31.5 Å². The Balaban J connectivity index is 1.85. The summed E-state index contributed by atoms with van der Waals surface area (Å²) >= 11 is 0. The van der Waals surface area contributed by atoms with Gasteiger partial charge in [0, 0.05) is 24.4 Å². The van der Waals surface area contributed by atoms with Crippen molar-refractivity contribution in [2.75, 3.05) is 0 Å². The van der Waals surface area contributed by atoms with Crippen molar-refractivity contribution in [3.63, 3.8) is 0 Å². The van der Waals surface area contributed by atoms with Crippen LogP contribution in [0.1, 0.15) is 50.9 Å². The highest BCUT2D eigenvalue weighted by Gasteiger charge is 2.32. The highest BCUT2D eigenvalue weighted by atomic mass is 16.1. The lowest BCUT2D eigenvalue weighted by molar-refractivity contribution is -0.122. The molecule has 5 heteroatoms. The number of nitrogens with zero attached hydrogens (tertiary/aromatic N) is 1. The third-order valence-corrected chi connectivity index (χ3v) is 3.42. The maximum absolute atomic E-state index is 11.9. The molecule has 1 aromatic rings. The molecule has 1 aliphatic carbocycles. The van der Waals surface area contributed by atoms with Crippen LogP contribution < -0.4 is 11.1 Å². The molecule has 1 heterocycles. The van der Waals surface area contributed by atoms with Crippen LogP contribution in [0.4, 0.5) is 0 Å². The minimum Gasteiger partial charge on any atom is -0.347 e. The number of carbonyl (C=O) groups is 1. The molecule has 17 heavy (non-hydrogen) atoms. The second kappa shape index (κ2) is 4.87. The van der Waals surface area contributed by atoms with Crippen LogP contribution in [0.5, 0.6) is 0 Å². The molecule has 1 fully saturated rings. The van der Waals surface area contributed by atoms with Crippen LogP contribution in [0.15, 0.2) is 12.4 Å². The number of rotatable bonds is 4. The first-order chi connectivity index (χ1) is 8.09. The molecule has 1 amide bonds. The van der Waals surface area contributed by atoms with E-state index in [0.29, 0.717) is 6.42 Å². The summed E-state index contributed by atoms with van der Waals surface area (Å²) in [6, 6.07) is -0.0949. The minimum atomic E-state index is -0.285. The molecule has 1 saturated carbocycles. The molecule has 1 unspecified atom stereocenters. The summed E-state index contributed by atoms with van der Waals surface area (Å²) < 4.78 is 0. The number of hydrogen-bond acceptors (Lipinski definition) is 3. The molecule has 1 aromatic heterocycles. The zero-order valence-electron chi connectivity index (χ0n) is 10.2. The summed E-state index contributed by atoms with van der Waals surface area (Å²) in [4.78, 5) is 19.0. The predicted molar refractivity (Wildman–Crippen MR) is 65.1 cm³/mol. The summed E-state index contributed by atoms with van der Waals surface area (Å²) in [6.07, 6.45) is 8.02. The maximum Gasteiger partial charge on any atom is 0.222 e. The van der Waals surface area contributed by atoms with Gasteiger partial charge in [0.25, 0.3) is 0 Å². The normalized spacial score (nSPS) is 20.1. The number of aromatic nitrogens is 2. The van der Waals surface area contributed by atoms with Crippen LogP contribution in [0.25, 0.3) is 0 Å². The number of imidazole rings is 1. The molecule has 2 rings (SSSR count). The molecule has 0 spiro atoms. The molecule has 0 saturated heterocycles. The average Bonchev–Trinajstić information content (AvgIpc) is 2.88. The lowest BCUT2D eigenvalue weighted by Crippen LogP contribution is -2.42. The van der Waals surface area contributed by atoms with Crippen molar-refractivity contribution < 1.29 is 4.79 Å². The van der Waals surface area contributed by atoms with Crippen molar-refractivity contribution in [3.8, 4) is 0 Å². The number of aromatic amines is 1. The first-order valence-corrected chi connectivity index (χ1v) is 6.17. The number of nitrogens with one attached hydrogen (secondary N) is 2. The largest absolute Gasteiger partial charge is 0.347 e. The van der Waals surface area contributed by atoms with Gasteiger partial charge < -0.3 is 16.0 Å². The first kappa shape index (κ1) is 12.1. The number of carbonyl (C=O) groups excluding carboxylic acids is 1. The maximum atomic E-state index is 11.9. The van der Waals surface area contributed by atoms with Gasteiger partial charge in [-0.2, -0.15) is 0 Å². The van der Waals surface area contributed by atoms with Gasteiger partial charge in [-0.15, -0.1) is 0 Å². The Morgan fingerprint density at radius 3 is 2.94 bits per heavy atom. The van der Waals surface area contributed by atoms with Crippen LogP contribution in [0.2, 0.25) is 0 Å². The Bertz CT molecular complexity index is 368. The smallest absolute Gasteiger partial charge is 0.222 e. The Morgan fingerprint density at radius 1 is 1.65 bits per heavy atom. The summed E-state index contributed by atoms with van der Waals surface area (Å²) in [5.74, 6) is 0.786. The highest BCUT2D eigenvalue weighted by molar-refractivity contribution is 5.77. The van der Waals surface area contributed by atoms with Gasteiger partial charge >= 0.3 is 0 Å². The standard InChI is InChI=1S/C12H20N4O/c1-9(11-14-6-7-15-11)16-10(17)8-12(13)4-2-3-5-12/h6-7,9H,2-5,8,13H2,1H3,(H,14,15)(H,16,17). The molecule has 1 aliphatic rings. The monoisotopic (exact) mass is 236 g/mol. The fourth-order valence-electron chi connectivity index (χ4n) is 2.45. The second-order valence-electron chi connectivity index (χ2n) is 5.01. The van der Waals surface area contributed by atoms with Crippen molar-refractivity contribution in [3.05, 3.63) is 18.2 Å². The topological polar surface area (TPSA) is 83.8 Å². The highest BCUT2D eigenvalue weighted by Crippen LogP contribution is 2.30.